The third-order valence-corrected chi connectivity index (χ3v) is 16.5. The molecule has 1 aliphatic rings. The zero-order chi connectivity index (χ0) is 49.7. The summed E-state index contributed by atoms with van der Waals surface area (Å²) in [5, 5.41) is 2.61. The first-order valence-electron chi connectivity index (χ1n) is 25.8. The van der Waals surface area contributed by atoms with Crippen molar-refractivity contribution in [1.29, 1.82) is 0 Å². The van der Waals surface area contributed by atoms with E-state index in [1.54, 1.807) is 0 Å². The molecule has 1 aromatic heterocycles. The van der Waals surface area contributed by atoms with E-state index in [-0.39, 0.29) is 0 Å². The standard InChI is InChI=1S/C73H49NS/c1-6-18-50(19-7-1)53-30-32-55(33-31-53)66-46-56(51-20-8-2-9-21-51)37-44-70(66)74(61-39-34-54(35-40-61)57-38-45-72-67(47-57)65-28-16-17-29-71(65)75-72)62-41-43-64-63-42-36-58(52-22-10-3-11-23-52)48-68(63)73(69(64)49-62,59-24-12-4-13-25-59)60-26-14-5-15-27-60/h1-49H. The fourth-order valence-electron chi connectivity index (χ4n) is 11.8. The van der Waals surface area contributed by atoms with E-state index in [0.29, 0.717) is 0 Å². The quantitative estimate of drug-likeness (QED) is 0.132. The van der Waals surface area contributed by atoms with Crippen LogP contribution in [-0.2, 0) is 5.41 Å². The summed E-state index contributed by atoms with van der Waals surface area (Å²) in [7, 11) is 0. The Labute approximate surface area is 442 Å². The molecule has 0 fully saturated rings. The van der Waals surface area contributed by atoms with Gasteiger partial charge in [-0.2, -0.15) is 0 Å². The van der Waals surface area contributed by atoms with Crippen molar-refractivity contribution in [3.63, 3.8) is 0 Å². The van der Waals surface area contributed by atoms with Crippen molar-refractivity contribution in [3.05, 3.63) is 320 Å². The van der Waals surface area contributed by atoms with Crippen LogP contribution in [0.15, 0.2) is 297 Å². The second-order valence-corrected chi connectivity index (χ2v) is 20.7. The molecule has 0 saturated heterocycles. The summed E-state index contributed by atoms with van der Waals surface area (Å²) in [6.45, 7) is 0. The highest BCUT2D eigenvalue weighted by molar-refractivity contribution is 7.25. The second kappa shape index (κ2) is 18.6. The van der Waals surface area contributed by atoms with Gasteiger partial charge in [0.15, 0.2) is 0 Å². The number of hydrogen-bond donors (Lipinski definition) is 0. The minimum absolute atomic E-state index is 0.624. The van der Waals surface area contributed by atoms with Crippen molar-refractivity contribution in [2.45, 2.75) is 5.41 Å². The molecule has 0 saturated carbocycles. The number of hydrogen-bond acceptors (Lipinski definition) is 2. The van der Waals surface area contributed by atoms with Crippen LogP contribution in [0.4, 0.5) is 17.1 Å². The maximum absolute atomic E-state index is 2.49. The van der Waals surface area contributed by atoms with Crippen molar-refractivity contribution in [1.82, 2.24) is 0 Å². The molecule has 0 spiro atoms. The number of anilines is 3. The van der Waals surface area contributed by atoms with Crippen molar-refractivity contribution < 1.29 is 0 Å². The van der Waals surface area contributed by atoms with E-state index in [4.69, 9.17) is 0 Å². The Kier molecular flexibility index (Phi) is 11.0. The van der Waals surface area contributed by atoms with Gasteiger partial charge in [-0.3, -0.25) is 0 Å². The molecule has 1 aliphatic carbocycles. The van der Waals surface area contributed by atoms with Crippen molar-refractivity contribution >= 4 is 48.6 Å². The highest BCUT2D eigenvalue weighted by Crippen LogP contribution is 2.58. The van der Waals surface area contributed by atoms with E-state index < -0.39 is 5.41 Å². The summed E-state index contributed by atoms with van der Waals surface area (Å²) in [5.41, 5.74) is 21.9. The first kappa shape index (κ1) is 44.4. The summed E-state index contributed by atoms with van der Waals surface area (Å²) < 4.78 is 2.63. The highest BCUT2D eigenvalue weighted by atomic mass is 32.1. The zero-order valence-corrected chi connectivity index (χ0v) is 42.0. The summed E-state index contributed by atoms with van der Waals surface area (Å²) in [5.74, 6) is 0. The predicted octanol–water partition coefficient (Wildman–Crippen LogP) is 20.2. The molecule has 2 heteroatoms. The van der Waals surface area contributed by atoms with Crippen molar-refractivity contribution in [2.24, 2.45) is 0 Å². The minimum atomic E-state index is -0.624. The van der Waals surface area contributed by atoms with Crippen LogP contribution < -0.4 is 4.90 Å². The monoisotopic (exact) mass is 971 g/mol. The van der Waals surface area contributed by atoms with Crippen LogP contribution in [0, 0.1) is 0 Å². The van der Waals surface area contributed by atoms with E-state index in [0.717, 1.165) is 28.2 Å². The third kappa shape index (κ3) is 7.69. The topological polar surface area (TPSA) is 3.24 Å². The van der Waals surface area contributed by atoms with E-state index >= 15 is 0 Å². The Morgan fingerprint density at radius 1 is 0.253 bits per heavy atom. The zero-order valence-electron chi connectivity index (χ0n) is 41.1. The predicted molar refractivity (Wildman–Crippen MR) is 318 cm³/mol. The average molecular weight is 972 g/mol. The summed E-state index contributed by atoms with van der Waals surface area (Å²) >= 11 is 1.86. The van der Waals surface area contributed by atoms with Gasteiger partial charge < -0.3 is 4.90 Å². The fraction of sp³-hybridized carbons (Fsp3) is 0.0137. The number of benzene rings is 12. The van der Waals surface area contributed by atoms with Gasteiger partial charge in [0.1, 0.15) is 0 Å². The van der Waals surface area contributed by atoms with Gasteiger partial charge in [0.05, 0.1) is 11.1 Å². The first-order valence-corrected chi connectivity index (χ1v) is 26.6. The third-order valence-electron chi connectivity index (χ3n) is 15.4. The molecule has 0 bridgehead atoms. The molecule has 0 unspecified atom stereocenters. The van der Waals surface area contributed by atoms with Gasteiger partial charge in [-0.05, 0) is 144 Å². The van der Waals surface area contributed by atoms with Crippen LogP contribution in [0.1, 0.15) is 22.3 Å². The average Bonchev–Trinajstić information content (AvgIpc) is 4.03. The number of thiophene rings is 1. The van der Waals surface area contributed by atoms with Gasteiger partial charge in [0, 0.05) is 37.1 Å². The lowest BCUT2D eigenvalue weighted by atomic mass is 9.67. The SMILES string of the molecule is c1ccc(-c2ccc(-c3cc(-c4ccccc4)ccc3N(c3ccc(-c4ccc5sc6ccccc6c5c4)cc3)c3ccc4c(c3)C(c3ccccc3)(c3ccccc3)c3cc(-c5ccccc5)ccc3-4)cc2)cc1. The van der Waals surface area contributed by atoms with E-state index in [9.17, 15) is 0 Å². The van der Waals surface area contributed by atoms with Gasteiger partial charge in [0.25, 0.3) is 0 Å². The van der Waals surface area contributed by atoms with Crippen LogP contribution in [0.3, 0.4) is 0 Å². The molecule has 1 heterocycles. The minimum Gasteiger partial charge on any atom is -0.310 e. The molecule has 0 atom stereocenters. The Bertz CT molecular complexity index is 4140. The molecule has 1 nitrogen and oxygen atoms in total. The Hall–Kier alpha value is -9.34. The molecular formula is C73H49NS. The lowest BCUT2D eigenvalue weighted by Gasteiger charge is -2.35. The fourth-order valence-corrected chi connectivity index (χ4v) is 12.9. The molecular weight excluding hydrogens is 923 g/mol. The van der Waals surface area contributed by atoms with Crippen molar-refractivity contribution in [2.75, 3.05) is 4.90 Å². The van der Waals surface area contributed by atoms with Crippen LogP contribution in [-0.4, -0.2) is 0 Å². The first-order chi connectivity index (χ1) is 37.2. The number of rotatable bonds is 10. The Morgan fingerprint density at radius 2 is 0.667 bits per heavy atom. The highest BCUT2D eigenvalue weighted by Gasteiger charge is 2.46. The van der Waals surface area contributed by atoms with Gasteiger partial charge in [-0.1, -0.05) is 237 Å². The molecule has 14 rings (SSSR count). The van der Waals surface area contributed by atoms with Crippen LogP contribution >= 0.6 is 11.3 Å². The second-order valence-electron chi connectivity index (χ2n) is 19.6. The summed E-state index contributed by atoms with van der Waals surface area (Å²) in [6.07, 6.45) is 0. The Balaban J connectivity index is 1.000. The van der Waals surface area contributed by atoms with E-state index in [1.165, 1.54) is 98.1 Å². The van der Waals surface area contributed by atoms with Crippen LogP contribution in [0.5, 0.6) is 0 Å². The van der Waals surface area contributed by atoms with Gasteiger partial charge >= 0.3 is 0 Å². The maximum Gasteiger partial charge on any atom is 0.0714 e. The van der Waals surface area contributed by atoms with Gasteiger partial charge in [0.2, 0.25) is 0 Å². The van der Waals surface area contributed by atoms with Gasteiger partial charge in [-0.25, -0.2) is 0 Å². The molecule has 352 valence electrons. The van der Waals surface area contributed by atoms with Crippen molar-refractivity contribution in [3.8, 4) is 66.8 Å². The normalized spacial score (nSPS) is 12.4. The number of fused-ring (bicyclic) bond motifs is 6. The largest absolute Gasteiger partial charge is 0.310 e. The maximum atomic E-state index is 2.49. The molecule has 0 radical (unpaired) electrons. The molecule has 0 N–H and O–H groups in total. The molecule has 0 aliphatic heterocycles. The van der Waals surface area contributed by atoms with E-state index in [1.807, 2.05) is 11.3 Å². The molecule has 75 heavy (non-hydrogen) atoms. The number of nitrogens with zero attached hydrogens (tertiary/aromatic N) is 1. The lowest BCUT2D eigenvalue weighted by Crippen LogP contribution is -2.28. The lowest BCUT2D eigenvalue weighted by molar-refractivity contribution is 0.768. The van der Waals surface area contributed by atoms with Gasteiger partial charge in [-0.15, -0.1) is 11.3 Å². The summed E-state index contributed by atoms with van der Waals surface area (Å²) in [4.78, 5) is 2.49. The smallest absolute Gasteiger partial charge is 0.0714 e. The van der Waals surface area contributed by atoms with Crippen LogP contribution in [0.2, 0.25) is 0 Å². The molecule has 12 aromatic carbocycles. The molecule has 0 amide bonds. The van der Waals surface area contributed by atoms with Crippen LogP contribution in [0.25, 0.3) is 86.9 Å². The summed E-state index contributed by atoms with van der Waals surface area (Å²) in [6, 6.07) is 110. The Morgan fingerprint density at radius 3 is 1.31 bits per heavy atom. The van der Waals surface area contributed by atoms with E-state index in [2.05, 4.69) is 302 Å². The molecule has 13 aromatic rings.